The minimum Gasteiger partial charge on any atom is -0.301 e. The van der Waals surface area contributed by atoms with Crippen molar-refractivity contribution in [3.8, 4) is 0 Å². The summed E-state index contributed by atoms with van der Waals surface area (Å²) in [5.74, 6) is 0. The molecule has 0 aliphatic rings. The van der Waals surface area contributed by atoms with E-state index in [0.29, 0.717) is 10.2 Å². The molecule has 0 unspecified atom stereocenters. The van der Waals surface area contributed by atoms with Crippen LogP contribution < -0.4 is 5.56 Å². The predicted octanol–water partition coefficient (Wildman–Crippen LogP) is 1.71. The van der Waals surface area contributed by atoms with E-state index in [1.807, 2.05) is 6.92 Å². The van der Waals surface area contributed by atoms with Gasteiger partial charge in [0.2, 0.25) is 5.28 Å². The van der Waals surface area contributed by atoms with Crippen LogP contribution in [0.3, 0.4) is 0 Å². The average molecular weight is 284 g/mol. The van der Waals surface area contributed by atoms with Gasteiger partial charge in [-0.2, -0.15) is 5.10 Å². The largest absolute Gasteiger partial charge is 0.301 e. The lowest BCUT2D eigenvalue weighted by Gasteiger charge is -2.02. The highest BCUT2D eigenvalue weighted by atomic mass is 35.5. The lowest BCUT2D eigenvalue weighted by atomic mass is 10.2. The van der Waals surface area contributed by atoms with Crippen LogP contribution in [0.2, 0.25) is 5.28 Å². The summed E-state index contributed by atoms with van der Waals surface area (Å²) in [6.45, 7) is 2.03. The molecule has 2 rings (SSSR count). The fourth-order valence-corrected chi connectivity index (χ4v) is 2.26. The molecule has 0 bridgehead atoms. The van der Waals surface area contributed by atoms with Crippen molar-refractivity contribution in [3.63, 3.8) is 0 Å². The van der Waals surface area contributed by atoms with E-state index in [9.17, 15) is 4.79 Å². The zero-order valence-electron chi connectivity index (χ0n) is 9.55. The molecule has 18 heavy (non-hydrogen) atoms. The molecule has 6 nitrogen and oxygen atoms in total. The quantitative estimate of drug-likeness (QED) is 0.860. The zero-order valence-corrected chi connectivity index (χ0v) is 11.1. The fraction of sp³-hybridized carbons (Fsp3) is 0.300. The molecule has 94 valence electrons. The molecule has 0 aliphatic heterocycles. The van der Waals surface area contributed by atoms with E-state index < -0.39 is 0 Å². The molecule has 0 atom stereocenters. The molecule has 0 saturated heterocycles. The minimum absolute atomic E-state index is 0.0621. The summed E-state index contributed by atoms with van der Waals surface area (Å²) in [4.78, 5) is 22.4. The maximum Gasteiger partial charge on any atom is 0.251 e. The predicted molar refractivity (Wildman–Crippen MR) is 67.8 cm³/mol. The number of halogens is 1. The van der Waals surface area contributed by atoms with Crippen LogP contribution in [0, 0.1) is 0 Å². The van der Waals surface area contributed by atoms with Gasteiger partial charge in [-0.15, -0.1) is 5.10 Å². The van der Waals surface area contributed by atoms with Crippen molar-refractivity contribution < 1.29 is 0 Å². The van der Waals surface area contributed by atoms with Gasteiger partial charge in [-0.1, -0.05) is 13.3 Å². The molecule has 2 heterocycles. The third-order valence-electron chi connectivity index (χ3n) is 1.99. The first-order valence-corrected chi connectivity index (χ1v) is 6.50. The van der Waals surface area contributed by atoms with Gasteiger partial charge < -0.3 is 4.98 Å². The van der Waals surface area contributed by atoms with Gasteiger partial charge >= 0.3 is 0 Å². The van der Waals surface area contributed by atoms with E-state index in [0.717, 1.165) is 18.5 Å². The summed E-state index contributed by atoms with van der Waals surface area (Å²) in [5.41, 5.74) is 0.584. The second-order valence-corrected chi connectivity index (χ2v) is 4.80. The second-order valence-electron chi connectivity index (χ2n) is 3.46. The monoisotopic (exact) mass is 283 g/mol. The Morgan fingerprint density at radius 1 is 1.44 bits per heavy atom. The highest BCUT2D eigenvalue weighted by Crippen LogP contribution is 2.21. The number of nitrogens with one attached hydrogen (secondary N) is 1. The van der Waals surface area contributed by atoms with Gasteiger partial charge in [0.25, 0.3) is 5.56 Å². The normalized spacial score (nSPS) is 10.6. The molecule has 2 aromatic heterocycles. The van der Waals surface area contributed by atoms with E-state index >= 15 is 0 Å². The van der Waals surface area contributed by atoms with Crippen LogP contribution in [0.4, 0.5) is 0 Å². The molecule has 1 N–H and O–H groups in total. The number of aromatic nitrogens is 5. The number of hydrogen-bond acceptors (Lipinski definition) is 6. The van der Waals surface area contributed by atoms with Crippen molar-refractivity contribution in [2.75, 3.05) is 0 Å². The Hall–Kier alpha value is -1.47. The van der Waals surface area contributed by atoms with E-state index in [2.05, 4.69) is 25.1 Å². The Morgan fingerprint density at radius 2 is 2.28 bits per heavy atom. The molecule has 0 aliphatic carbocycles. The van der Waals surface area contributed by atoms with Crippen molar-refractivity contribution in [1.29, 1.82) is 0 Å². The number of rotatable bonds is 4. The SMILES string of the molecule is CCCc1cc(=O)[nH]c(Sc2cnnc(Cl)n2)n1. The zero-order chi connectivity index (χ0) is 13.0. The summed E-state index contributed by atoms with van der Waals surface area (Å²) in [5, 5.41) is 8.29. The van der Waals surface area contributed by atoms with Crippen molar-refractivity contribution in [2.24, 2.45) is 0 Å². The standard InChI is InChI=1S/C10H10ClN5OS/c1-2-3-6-4-7(17)14-10(13-6)18-8-5-12-16-9(11)15-8/h4-5H,2-3H2,1H3,(H,13,14,17). The second kappa shape index (κ2) is 5.92. The third-order valence-corrected chi connectivity index (χ3v) is 2.94. The summed E-state index contributed by atoms with van der Waals surface area (Å²) in [6.07, 6.45) is 3.16. The van der Waals surface area contributed by atoms with E-state index in [-0.39, 0.29) is 10.8 Å². The van der Waals surface area contributed by atoms with E-state index in [1.54, 1.807) is 0 Å². The van der Waals surface area contributed by atoms with Crippen molar-refractivity contribution in [3.05, 3.63) is 33.6 Å². The van der Waals surface area contributed by atoms with Crippen LogP contribution in [-0.2, 0) is 6.42 Å². The van der Waals surface area contributed by atoms with E-state index in [1.165, 1.54) is 24.0 Å². The highest BCUT2D eigenvalue weighted by Gasteiger charge is 2.05. The van der Waals surface area contributed by atoms with Gasteiger partial charge in [-0.05, 0) is 29.8 Å². The molecule has 0 saturated carbocycles. The molecule has 0 fully saturated rings. The summed E-state index contributed by atoms with van der Waals surface area (Å²) >= 11 is 6.82. The van der Waals surface area contributed by atoms with Gasteiger partial charge in [0.1, 0.15) is 5.03 Å². The van der Waals surface area contributed by atoms with Crippen LogP contribution in [0.5, 0.6) is 0 Å². The maximum absolute atomic E-state index is 11.5. The molecule has 8 heteroatoms. The Kier molecular flexibility index (Phi) is 4.27. The van der Waals surface area contributed by atoms with Crippen LogP contribution in [0.25, 0.3) is 0 Å². The Morgan fingerprint density at radius 3 is 3.00 bits per heavy atom. The van der Waals surface area contributed by atoms with E-state index in [4.69, 9.17) is 11.6 Å². The van der Waals surface area contributed by atoms with Crippen molar-refractivity contribution in [2.45, 2.75) is 29.9 Å². The fourth-order valence-electron chi connectivity index (χ4n) is 1.33. The van der Waals surface area contributed by atoms with Crippen LogP contribution >= 0.6 is 23.4 Å². The van der Waals surface area contributed by atoms with Crippen molar-refractivity contribution >= 4 is 23.4 Å². The molecular weight excluding hydrogens is 274 g/mol. The Balaban J connectivity index is 2.26. The lowest BCUT2D eigenvalue weighted by molar-refractivity contribution is 0.813. The minimum atomic E-state index is -0.177. The van der Waals surface area contributed by atoms with Crippen LogP contribution in [0.1, 0.15) is 19.0 Å². The molecule has 2 aromatic rings. The first-order valence-electron chi connectivity index (χ1n) is 5.30. The Labute approximate surface area is 112 Å². The molecule has 0 aromatic carbocycles. The number of nitrogens with zero attached hydrogens (tertiary/aromatic N) is 4. The summed E-state index contributed by atoms with van der Waals surface area (Å²) in [6, 6.07) is 1.50. The topological polar surface area (TPSA) is 84.4 Å². The molecule has 0 radical (unpaired) electrons. The van der Waals surface area contributed by atoms with Crippen LogP contribution in [0.15, 0.2) is 27.2 Å². The molecule has 0 spiro atoms. The van der Waals surface area contributed by atoms with Gasteiger partial charge in [0.05, 0.1) is 6.20 Å². The number of hydrogen-bond donors (Lipinski definition) is 1. The maximum atomic E-state index is 11.5. The van der Waals surface area contributed by atoms with Crippen molar-refractivity contribution in [1.82, 2.24) is 25.1 Å². The molecular formula is C10H10ClN5OS. The third kappa shape index (κ3) is 3.51. The highest BCUT2D eigenvalue weighted by molar-refractivity contribution is 7.99. The van der Waals surface area contributed by atoms with Gasteiger partial charge in [0, 0.05) is 11.8 Å². The van der Waals surface area contributed by atoms with Crippen LogP contribution in [-0.4, -0.2) is 25.1 Å². The number of aromatic amines is 1. The first-order chi connectivity index (χ1) is 8.67. The summed E-state index contributed by atoms with van der Waals surface area (Å²) in [7, 11) is 0. The molecule has 0 amide bonds. The lowest BCUT2D eigenvalue weighted by Crippen LogP contribution is -2.10. The summed E-state index contributed by atoms with van der Waals surface area (Å²) < 4.78 is 0. The first kappa shape index (κ1) is 13.0. The van der Waals surface area contributed by atoms with Gasteiger partial charge in [-0.3, -0.25) is 4.79 Å². The van der Waals surface area contributed by atoms with Gasteiger partial charge in [0.15, 0.2) is 5.16 Å². The number of H-pyrrole nitrogens is 1. The van der Waals surface area contributed by atoms with Gasteiger partial charge in [-0.25, -0.2) is 9.97 Å². The Bertz CT molecular complexity index is 603. The number of aryl methyl sites for hydroxylation is 1. The smallest absolute Gasteiger partial charge is 0.251 e. The average Bonchev–Trinajstić information content (AvgIpc) is 2.28.